The van der Waals surface area contributed by atoms with E-state index in [-0.39, 0.29) is 37.1 Å². The number of amides is 1. The van der Waals surface area contributed by atoms with Gasteiger partial charge in [-0.15, -0.1) is 12.4 Å². The molecule has 4 atom stereocenters. The number of rotatable bonds is 5. The fourth-order valence-electron chi connectivity index (χ4n) is 3.81. The molecule has 0 saturated carbocycles. The SMILES string of the molecule is CC1CCN([C@@H]2[C@H](O)[C@H](CO)O[C@@H]2CNC(=O)c2ccccc2)CC1.Cl. The molecule has 0 bridgehead atoms. The first kappa shape index (κ1) is 21.1. The van der Waals surface area contributed by atoms with Gasteiger partial charge in [-0.05, 0) is 44.0 Å². The van der Waals surface area contributed by atoms with Crippen LogP contribution in [0.25, 0.3) is 0 Å². The Bertz CT molecular complexity index is 566. The first-order chi connectivity index (χ1) is 12.1. The fraction of sp³-hybridized carbons (Fsp3) is 0.632. The minimum atomic E-state index is -0.739. The van der Waals surface area contributed by atoms with Crippen LogP contribution in [0.15, 0.2) is 30.3 Å². The zero-order chi connectivity index (χ0) is 17.8. The van der Waals surface area contributed by atoms with E-state index in [0.717, 1.165) is 25.9 Å². The van der Waals surface area contributed by atoms with Crippen LogP contribution < -0.4 is 5.32 Å². The lowest BCUT2D eigenvalue weighted by molar-refractivity contribution is -0.0209. The number of nitrogens with one attached hydrogen (secondary N) is 1. The Morgan fingerprint density at radius 1 is 1.23 bits per heavy atom. The molecular formula is C19H29ClN2O4. The van der Waals surface area contributed by atoms with Crippen LogP contribution >= 0.6 is 12.4 Å². The van der Waals surface area contributed by atoms with Crippen molar-refractivity contribution in [3.8, 4) is 0 Å². The van der Waals surface area contributed by atoms with E-state index in [1.807, 2.05) is 18.2 Å². The van der Waals surface area contributed by atoms with Crippen molar-refractivity contribution in [2.24, 2.45) is 5.92 Å². The first-order valence-electron chi connectivity index (χ1n) is 9.12. The van der Waals surface area contributed by atoms with E-state index in [1.54, 1.807) is 12.1 Å². The second-order valence-corrected chi connectivity index (χ2v) is 7.17. The molecule has 26 heavy (non-hydrogen) atoms. The number of hydrogen-bond acceptors (Lipinski definition) is 5. The molecule has 3 rings (SSSR count). The Morgan fingerprint density at radius 2 is 1.88 bits per heavy atom. The predicted octanol–water partition coefficient (Wildman–Crippen LogP) is 1.06. The van der Waals surface area contributed by atoms with E-state index in [9.17, 15) is 15.0 Å². The van der Waals surface area contributed by atoms with Gasteiger partial charge in [-0.25, -0.2) is 0 Å². The van der Waals surface area contributed by atoms with Gasteiger partial charge in [0.1, 0.15) is 12.2 Å². The molecule has 3 N–H and O–H groups in total. The Hall–Kier alpha value is -1.18. The standard InChI is InChI=1S/C19H28N2O4.ClH/c1-13-7-9-21(10-8-13)17-15(25-16(12-22)18(17)23)11-20-19(24)14-5-3-2-4-6-14;/h2-6,13,15-18,22-23H,7-12H2,1H3,(H,20,24);1H/t15-,16+,17+,18-;/m1./s1. The van der Waals surface area contributed by atoms with Gasteiger partial charge in [0.25, 0.3) is 5.91 Å². The third-order valence-corrected chi connectivity index (χ3v) is 5.38. The zero-order valence-corrected chi connectivity index (χ0v) is 15.9. The van der Waals surface area contributed by atoms with Crippen LogP contribution in [-0.4, -0.2) is 71.6 Å². The summed E-state index contributed by atoms with van der Waals surface area (Å²) in [6, 6.07) is 8.85. The van der Waals surface area contributed by atoms with Gasteiger partial charge in [0.2, 0.25) is 0 Å². The third kappa shape index (κ3) is 4.75. The number of benzene rings is 1. The molecule has 0 radical (unpaired) electrons. The van der Waals surface area contributed by atoms with Crippen molar-refractivity contribution in [2.75, 3.05) is 26.2 Å². The summed E-state index contributed by atoms with van der Waals surface area (Å²) in [4.78, 5) is 14.5. The number of aliphatic hydroxyl groups is 2. The molecule has 146 valence electrons. The molecule has 0 unspecified atom stereocenters. The molecule has 2 aliphatic heterocycles. The molecule has 1 amide bonds. The average Bonchev–Trinajstić information content (AvgIpc) is 2.97. The van der Waals surface area contributed by atoms with Crippen molar-refractivity contribution in [1.82, 2.24) is 10.2 Å². The molecule has 0 spiro atoms. The van der Waals surface area contributed by atoms with Crippen molar-refractivity contribution >= 4 is 18.3 Å². The molecule has 2 aliphatic rings. The summed E-state index contributed by atoms with van der Waals surface area (Å²) in [5, 5.41) is 23.0. The summed E-state index contributed by atoms with van der Waals surface area (Å²) in [6.07, 6.45) is 0.528. The van der Waals surface area contributed by atoms with E-state index >= 15 is 0 Å². The van der Waals surface area contributed by atoms with Gasteiger partial charge in [-0.3, -0.25) is 9.69 Å². The van der Waals surface area contributed by atoms with Gasteiger partial charge in [0.15, 0.2) is 0 Å². The molecule has 6 nitrogen and oxygen atoms in total. The van der Waals surface area contributed by atoms with Crippen LogP contribution in [0.5, 0.6) is 0 Å². The largest absolute Gasteiger partial charge is 0.394 e. The number of carbonyl (C=O) groups excluding carboxylic acids is 1. The van der Waals surface area contributed by atoms with Crippen molar-refractivity contribution < 1.29 is 19.7 Å². The number of carbonyl (C=O) groups is 1. The normalized spacial score (nSPS) is 30.0. The highest BCUT2D eigenvalue weighted by Gasteiger charge is 2.46. The van der Waals surface area contributed by atoms with Gasteiger partial charge >= 0.3 is 0 Å². The minimum Gasteiger partial charge on any atom is -0.394 e. The van der Waals surface area contributed by atoms with Crippen LogP contribution in [0.3, 0.4) is 0 Å². The predicted molar refractivity (Wildman–Crippen MR) is 102 cm³/mol. The summed E-state index contributed by atoms with van der Waals surface area (Å²) in [5.41, 5.74) is 0.600. The van der Waals surface area contributed by atoms with Crippen molar-refractivity contribution in [2.45, 2.75) is 44.1 Å². The maximum atomic E-state index is 12.3. The highest BCUT2D eigenvalue weighted by Crippen LogP contribution is 2.29. The highest BCUT2D eigenvalue weighted by atomic mass is 35.5. The Kier molecular flexibility index (Phi) is 7.85. The van der Waals surface area contributed by atoms with Crippen LogP contribution in [0.1, 0.15) is 30.1 Å². The van der Waals surface area contributed by atoms with Gasteiger partial charge in [0, 0.05) is 12.1 Å². The molecule has 0 aromatic heterocycles. The summed E-state index contributed by atoms with van der Waals surface area (Å²) in [7, 11) is 0. The number of nitrogens with zero attached hydrogens (tertiary/aromatic N) is 1. The second-order valence-electron chi connectivity index (χ2n) is 7.17. The molecule has 7 heteroatoms. The number of hydrogen-bond donors (Lipinski definition) is 3. The number of ether oxygens (including phenoxy) is 1. The monoisotopic (exact) mass is 384 g/mol. The lowest BCUT2D eigenvalue weighted by atomic mass is 9.94. The molecule has 2 fully saturated rings. The lowest BCUT2D eigenvalue weighted by Crippen LogP contribution is -2.53. The average molecular weight is 385 g/mol. The van der Waals surface area contributed by atoms with Gasteiger partial charge in [0.05, 0.1) is 18.8 Å². The zero-order valence-electron chi connectivity index (χ0n) is 15.1. The van der Waals surface area contributed by atoms with Crippen LogP contribution in [0.2, 0.25) is 0 Å². The van der Waals surface area contributed by atoms with E-state index in [4.69, 9.17) is 4.74 Å². The van der Waals surface area contributed by atoms with Crippen LogP contribution in [-0.2, 0) is 4.74 Å². The van der Waals surface area contributed by atoms with Crippen LogP contribution in [0, 0.1) is 5.92 Å². The maximum absolute atomic E-state index is 12.3. The molecule has 2 heterocycles. The highest BCUT2D eigenvalue weighted by molar-refractivity contribution is 5.94. The van der Waals surface area contributed by atoms with E-state index in [1.165, 1.54) is 0 Å². The maximum Gasteiger partial charge on any atom is 0.251 e. The number of likely N-dealkylation sites (tertiary alicyclic amines) is 1. The Balaban J connectivity index is 0.00000243. The second kappa shape index (κ2) is 9.67. The summed E-state index contributed by atoms with van der Waals surface area (Å²) < 4.78 is 5.85. The number of aliphatic hydroxyl groups excluding tert-OH is 2. The topological polar surface area (TPSA) is 82.0 Å². The summed E-state index contributed by atoms with van der Waals surface area (Å²) >= 11 is 0. The Labute approximate surface area is 160 Å². The van der Waals surface area contributed by atoms with Crippen molar-refractivity contribution in [3.63, 3.8) is 0 Å². The lowest BCUT2D eigenvalue weighted by Gasteiger charge is -2.38. The smallest absolute Gasteiger partial charge is 0.251 e. The quantitative estimate of drug-likeness (QED) is 0.707. The number of halogens is 1. The van der Waals surface area contributed by atoms with E-state index in [2.05, 4.69) is 17.1 Å². The van der Waals surface area contributed by atoms with E-state index < -0.39 is 12.2 Å². The Morgan fingerprint density at radius 3 is 2.50 bits per heavy atom. The summed E-state index contributed by atoms with van der Waals surface area (Å²) in [5.74, 6) is 0.540. The first-order valence-corrected chi connectivity index (χ1v) is 9.12. The van der Waals surface area contributed by atoms with Crippen molar-refractivity contribution in [1.29, 1.82) is 0 Å². The minimum absolute atomic E-state index is 0. The van der Waals surface area contributed by atoms with Crippen molar-refractivity contribution in [3.05, 3.63) is 35.9 Å². The van der Waals surface area contributed by atoms with Gasteiger partial charge in [-0.1, -0.05) is 25.1 Å². The molecule has 1 aromatic carbocycles. The van der Waals surface area contributed by atoms with Gasteiger partial charge < -0.3 is 20.3 Å². The summed E-state index contributed by atoms with van der Waals surface area (Å²) in [6.45, 7) is 4.16. The fourth-order valence-corrected chi connectivity index (χ4v) is 3.81. The third-order valence-electron chi connectivity index (χ3n) is 5.38. The molecule has 1 aromatic rings. The van der Waals surface area contributed by atoms with E-state index in [0.29, 0.717) is 18.0 Å². The molecule has 0 aliphatic carbocycles. The molecule has 2 saturated heterocycles. The van der Waals surface area contributed by atoms with Gasteiger partial charge in [-0.2, -0.15) is 0 Å². The van der Waals surface area contributed by atoms with Crippen LogP contribution in [0.4, 0.5) is 0 Å². The number of piperidine rings is 1. The molecular weight excluding hydrogens is 356 g/mol.